The van der Waals surface area contributed by atoms with Crippen molar-refractivity contribution in [3.05, 3.63) is 22.2 Å². The van der Waals surface area contributed by atoms with Crippen molar-refractivity contribution in [2.75, 3.05) is 7.11 Å². The van der Waals surface area contributed by atoms with E-state index in [1.54, 1.807) is 12.1 Å². The standard InChI is InChI=1S/C8H5Cl2NOS/c1-12-7-3-5(9)2-6(10)8(7)11-4-13/h2-3H,1H3. The second kappa shape index (κ2) is 4.58. The quantitative estimate of drug-likeness (QED) is 0.574. The third-order valence-corrected chi connectivity index (χ3v) is 1.97. The molecule has 2 nitrogen and oxygen atoms in total. The van der Waals surface area contributed by atoms with Gasteiger partial charge in [-0.2, -0.15) is 4.99 Å². The molecular weight excluding hydrogens is 229 g/mol. The first-order valence-corrected chi connectivity index (χ1v) is 4.46. The lowest BCUT2D eigenvalue weighted by Gasteiger charge is -2.05. The third-order valence-electron chi connectivity index (χ3n) is 1.37. The second-order valence-corrected chi connectivity index (χ2v) is 3.17. The van der Waals surface area contributed by atoms with Crippen LogP contribution in [0.1, 0.15) is 0 Å². The number of rotatable bonds is 2. The molecule has 0 aliphatic heterocycles. The van der Waals surface area contributed by atoms with Crippen LogP contribution in [0, 0.1) is 0 Å². The molecule has 13 heavy (non-hydrogen) atoms. The molecule has 0 aromatic heterocycles. The van der Waals surface area contributed by atoms with Gasteiger partial charge in [-0.15, -0.1) is 0 Å². The van der Waals surface area contributed by atoms with Gasteiger partial charge in [0.15, 0.2) is 0 Å². The van der Waals surface area contributed by atoms with E-state index in [1.807, 2.05) is 0 Å². The fourth-order valence-electron chi connectivity index (χ4n) is 0.852. The van der Waals surface area contributed by atoms with Gasteiger partial charge in [0.05, 0.1) is 17.3 Å². The van der Waals surface area contributed by atoms with Crippen molar-refractivity contribution in [2.24, 2.45) is 4.99 Å². The zero-order valence-corrected chi connectivity index (χ0v) is 9.00. The van der Waals surface area contributed by atoms with Gasteiger partial charge in [0, 0.05) is 11.1 Å². The molecule has 0 amide bonds. The number of methoxy groups -OCH3 is 1. The van der Waals surface area contributed by atoms with Crippen molar-refractivity contribution < 1.29 is 4.74 Å². The van der Waals surface area contributed by atoms with E-state index in [2.05, 4.69) is 22.4 Å². The van der Waals surface area contributed by atoms with E-state index in [0.717, 1.165) is 0 Å². The highest BCUT2D eigenvalue weighted by molar-refractivity contribution is 7.78. The van der Waals surface area contributed by atoms with E-state index in [9.17, 15) is 0 Å². The summed E-state index contributed by atoms with van der Waals surface area (Å²) in [6.07, 6.45) is 0. The number of thiocarbonyl (C=S) groups is 1. The molecule has 0 radical (unpaired) electrons. The van der Waals surface area contributed by atoms with Crippen LogP contribution in [-0.2, 0) is 0 Å². The summed E-state index contributed by atoms with van der Waals surface area (Å²) >= 11 is 16.1. The molecule has 1 aromatic carbocycles. The van der Waals surface area contributed by atoms with Crippen LogP contribution >= 0.6 is 35.4 Å². The number of isothiocyanates is 1. The van der Waals surface area contributed by atoms with Crippen molar-refractivity contribution in [1.29, 1.82) is 0 Å². The van der Waals surface area contributed by atoms with Gasteiger partial charge in [-0.05, 0) is 18.3 Å². The Bertz CT molecular complexity index is 375. The molecule has 68 valence electrons. The molecule has 0 fully saturated rings. The Labute approximate surface area is 91.1 Å². The summed E-state index contributed by atoms with van der Waals surface area (Å²) in [5.74, 6) is 0.481. The normalized spacial score (nSPS) is 9.15. The number of nitrogens with zero attached hydrogens (tertiary/aromatic N) is 1. The minimum atomic E-state index is 0.390. The molecule has 0 saturated carbocycles. The Balaban J connectivity index is 3.37. The summed E-state index contributed by atoms with van der Waals surface area (Å²) in [6.45, 7) is 0. The Morgan fingerprint density at radius 2 is 2.15 bits per heavy atom. The number of halogens is 2. The lowest BCUT2D eigenvalue weighted by atomic mass is 10.3. The lowest BCUT2D eigenvalue weighted by molar-refractivity contribution is 0.416. The van der Waals surface area contributed by atoms with Crippen LogP contribution in [-0.4, -0.2) is 12.3 Å². The SMILES string of the molecule is COc1cc(Cl)cc(Cl)c1N=C=S. The van der Waals surface area contributed by atoms with E-state index in [4.69, 9.17) is 27.9 Å². The highest BCUT2D eigenvalue weighted by Gasteiger charge is 2.07. The molecule has 0 aliphatic rings. The van der Waals surface area contributed by atoms with Crippen LogP contribution in [0.4, 0.5) is 5.69 Å². The number of benzene rings is 1. The fraction of sp³-hybridized carbons (Fsp3) is 0.125. The molecule has 0 N–H and O–H groups in total. The molecule has 0 bridgehead atoms. The molecule has 0 heterocycles. The van der Waals surface area contributed by atoms with E-state index in [-0.39, 0.29) is 0 Å². The average Bonchev–Trinajstić information content (AvgIpc) is 2.09. The molecule has 1 aromatic rings. The van der Waals surface area contributed by atoms with Crippen LogP contribution in [0.25, 0.3) is 0 Å². The largest absolute Gasteiger partial charge is 0.494 e. The monoisotopic (exact) mass is 233 g/mol. The van der Waals surface area contributed by atoms with Gasteiger partial charge >= 0.3 is 0 Å². The smallest absolute Gasteiger partial charge is 0.148 e. The van der Waals surface area contributed by atoms with Gasteiger partial charge in [0.2, 0.25) is 0 Å². The number of ether oxygens (including phenoxy) is 1. The Hall–Kier alpha value is -0.600. The molecule has 0 spiro atoms. The maximum Gasteiger partial charge on any atom is 0.148 e. The van der Waals surface area contributed by atoms with Crippen LogP contribution in [0.15, 0.2) is 17.1 Å². The van der Waals surface area contributed by atoms with Gasteiger partial charge in [-0.3, -0.25) is 0 Å². The molecular formula is C8H5Cl2NOS. The summed E-state index contributed by atoms with van der Waals surface area (Å²) < 4.78 is 5.01. The van der Waals surface area contributed by atoms with Gasteiger partial charge < -0.3 is 4.74 Å². The van der Waals surface area contributed by atoms with Crippen molar-refractivity contribution in [3.8, 4) is 5.75 Å². The van der Waals surface area contributed by atoms with Crippen LogP contribution in [0.2, 0.25) is 10.0 Å². The van der Waals surface area contributed by atoms with Crippen LogP contribution < -0.4 is 4.74 Å². The second-order valence-electron chi connectivity index (χ2n) is 2.14. The maximum atomic E-state index is 5.85. The van der Waals surface area contributed by atoms with E-state index in [1.165, 1.54) is 7.11 Å². The number of aliphatic imine (C=N–C) groups is 1. The van der Waals surface area contributed by atoms with Gasteiger partial charge in [0.1, 0.15) is 11.4 Å². The fourth-order valence-corrected chi connectivity index (χ4v) is 1.46. The molecule has 0 atom stereocenters. The van der Waals surface area contributed by atoms with Crippen molar-refractivity contribution in [3.63, 3.8) is 0 Å². The van der Waals surface area contributed by atoms with Crippen molar-refractivity contribution in [1.82, 2.24) is 0 Å². The third kappa shape index (κ3) is 2.42. The minimum Gasteiger partial charge on any atom is -0.494 e. The number of hydrogen-bond donors (Lipinski definition) is 0. The van der Waals surface area contributed by atoms with Gasteiger partial charge in [0.25, 0.3) is 0 Å². The predicted molar refractivity (Wildman–Crippen MR) is 57.7 cm³/mol. The molecule has 0 unspecified atom stereocenters. The van der Waals surface area contributed by atoms with Gasteiger partial charge in [-0.1, -0.05) is 23.2 Å². The molecule has 1 rings (SSSR count). The lowest BCUT2D eigenvalue weighted by Crippen LogP contribution is -1.84. The van der Waals surface area contributed by atoms with E-state index >= 15 is 0 Å². The zero-order valence-electron chi connectivity index (χ0n) is 6.67. The summed E-state index contributed by atoms with van der Waals surface area (Å²) in [5, 5.41) is 3.10. The van der Waals surface area contributed by atoms with Crippen LogP contribution in [0.5, 0.6) is 5.75 Å². The Morgan fingerprint density at radius 1 is 1.46 bits per heavy atom. The first kappa shape index (κ1) is 10.5. The maximum absolute atomic E-state index is 5.85. The highest BCUT2D eigenvalue weighted by atomic mass is 35.5. The zero-order chi connectivity index (χ0) is 9.84. The molecule has 0 saturated heterocycles. The van der Waals surface area contributed by atoms with E-state index in [0.29, 0.717) is 21.5 Å². The summed E-state index contributed by atoms with van der Waals surface area (Å²) in [5.41, 5.74) is 0.448. The van der Waals surface area contributed by atoms with Crippen LogP contribution in [0.3, 0.4) is 0 Å². The summed E-state index contributed by atoms with van der Waals surface area (Å²) in [6, 6.07) is 3.18. The molecule has 0 aliphatic carbocycles. The van der Waals surface area contributed by atoms with Crippen molar-refractivity contribution in [2.45, 2.75) is 0 Å². The van der Waals surface area contributed by atoms with E-state index < -0.39 is 0 Å². The topological polar surface area (TPSA) is 21.6 Å². The van der Waals surface area contributed by atoms with Gasteiger partial charge in [-0.25, -0.2) is 0 Å². The average molecular weight is 234 g/mol. The van der Waals surface area contributed by atoms with Crippen molar-refractivity contribution >= 4 is 46.3 Å². The Morgan fingerprint density at radius 3 is 2.69 bits per heavy atom. The number of hydrogen-bond acceptors (Lipinski definition) is 3. The molecule has 5 heteroatoms. The highest BCUT2D eigenvalue weighted by Crippen LogP contribution is 2.37. The predicted octanol–water partition coefficient (Wildman–Crippen LogP) is 3.74. The first-order chi connectivity index (χ1) is 6.19. The Kier molecular flexibility index (Phi) is 3.70. The first-order valence-electron chi connectivity index (χ1n) is 3.30. The minimum absolute atomic E-state index is 0.390. The summed E-state index contributed by atoms with van der Waals surface area (Å²) in [7, 11) is 1.50. The summed E-state index contributed by atoms with van der Waals surface area (Å²) in [4.78, 5) is 3.77.